The zero-order chi connectivity index (χ0) is 13.2. The minimum atomic E-state index is 0.0958. The van der Waals surface area contributed by atoms with E-state index in [1.165, 1.54) is 0 Å². The zero-order valence-electron chi connectivity index (χ0n) is 10.6. The number of Topliss-reactive ketones (excluding diaryl/α,β-unsaturated/α-hetero) is 1. The fourth-order valence-corrected chi connectivity index (χ4v) is 2.35. The topological polar surface area (TPSA) is 55.0 Å². The van der Waals surface area contributed by atoms with Gasteiger partial charge in [-0.3, -0.25) is 4.79 Å². The van der Waals surface area contributed by atoms with Gasteiger partial charge in [-0.2, -0.15) is 0 Å². The van der Waals surface area contributed by atoms with Crippen molar-refractivity contribution < 1.29 is 9.53 Å². The number of fused-ring (bicyclic) bond motifs is 1. The van der Waals surface area contributed by atoms with E-state index in [1.807, 2.05) is 24.3 Å². The SMILES string of the molecule is COc1ccc2c(c1)CCC(=Cc1cnc[nH]1)C2=O. The summed E-state index contributed by atoms with van der Waals surface area (Å²) < 4.78 is 5.19. The van der Waals surface area contributed by atoms with Gasteiger partial charge in [-0.1, -0.05) is 0 Å². The quantitative estimate of drug-likeness (QED) is 0.838. The first-order valence-electron chi connectivity index (χ1n) is 6.18. The lowest BCUT2D eigenvalue weighted by Gasteiger charge is -2.18. The summed E-state index contributed by atoms with van der Waals surface area (Å²) in [5, 5.41) is 0. The summed E-state index contributed by atoms with van der Waals surface area (Å²) in [5.74, 6) is 0.894. The number of rotatable bonds is 2. The molecule has 4 nitrogen and oxygen atoms in total. The summed E-state index contributed by atoms with van der Waals surface area (Å²) in [6.45, 7) is 0. The van der Waals surface area contributed by atoms with E-state index in [0.717, 1.165) is 41.0 Å². The van der Waals surface area contributed by atoms with Crippen LogP contribution in [0.4, 0.5) is 0 Å². The van der Waals surface area contributed by atoms with Crippen molar-refractivity contribution in [2.75, 3.05) is 7.11 Å². The van der Waals surface area contributed by atoms with E-state index in [1.54, 1.807) is 19.6 Å². The Hall–Kier alpha value is -2.36. The summed E-state index contributed by atoms with van der Waals surface area (Å²) in [4.78, 5) is 19.3. The van der Waals surface area contributed by atoms with Gasteiger partial charge >= 0.3 is 0 Å². The normalized spacial score (nSPS) is 16.5. The van der Waals surface area contributed by atoms with Crippen LogP contribution < -0.4 is 4.74 Å². The number of carbonyl (C=O) groups is 1. The number of nitrogens with zero attached hydrogens (tertiary/aromatic N) is 1. The molecule has 0 aliphatic heterocycles. The molecule has 0 saturated carbocycles. The van der Waals surface area contributed by atoms with Crippen LogP contribution >= 0.6 is 0 Å². The van der Waals surface area contributed by atoms with Gasteiger partial charge in [0.2, 0.25) is 0 Å². The van der Waals surface area contributed by atoms with Crippen molar-refractivity contribution in [3.05, 3.63) is 53.1 Å². The molecule has 1 aromatic carbocycles. The lowest BCUT2D eigenvalue weighted by molar-refractivity contribution is 0.102. The average molecular weight is 254 g/mol. The van der Waals surface area contributed by atoms with Crippen molar-refractivity contribution in [2.24, 2.45) is 0 Å². The molecule has 0 saturated heterocycles. The number of hydrogen-bond donors (Lipinski definition) is 1. The van der Waals surface area contributed by atoms with Crippen LogP contribution in [0.2, 0.25) is 0 Å². The average Bonchev–Trinajstić information content (AvgIpc) is 2.94. The monoisotopic (exact) mass is 254 g/mol. The number of aryl methyl sites for hydroxylation is 1. The maximum Gasteiger partial charge on any atom is 0.189 e. The second-order valence-electron chi connectivity index (χ2n) is 4.53. The van der Waals surface area contributed by atoms with E-state index >= 15 is 0 Å². The Kier molecular flexibility index (Phi) is 2.91. The number of imidazole rings is 1. The summed E-state index contributed by atoms with van der Waals surface area (Å²) >= 11 is 0. The van der Waals surface area contributed by atoms with Crippen LogP contribution in [0.25, 0.3) is 6.08 Å². The van der Waals surface area contributed by atoms with Crippen LogP contribution in [0.3, 0.4) is 0 Å². The van der Waals surface area contributed by atoms with Gasteiger partial charge in [0.15, 0.2) is 5.78 Å². The number of ketones is 1. The molecule has 1 aliphatic carbocycles. The molecule has 1 aromatic heterocycles. The van der Waals surface area contributed by atoms with Crippen molar-refractivity contribution in [1.82, 2.24) is 9.97 Å². The Morgan fingerprint density at radius 1 is 1.37 bits per heavy atom. The summed E-state index contributed by atoms with van der Waals surface area (Å²) in [6.07, 6.45) is 6.81. The Morgan fingerprint density at radius 2 is 2.26 bits per heavy atom. The molecule has 0 fully saturated rings. The minimum Gasteiger partial charge on any atom is -0.497 e. The number of aromatic amines is 1. The predicted molar refractivity (Wildman–Crippen MR) is 72.2 cm³/mol. The fourth-order valence-electron chi connectivity index (χ4n) is 2.35. The molecular weight excluding hydrogens is 240 g/mol. The van der Waals surface area contributed by atoms with E-state index in [2.05, 4.69) is 9.97 Å². The number of methoxy groups -OCH3 is 1. The fraction of sp³-hybridized carbons (Fsp3) is 0.200. The van der Waals surface area contributed by atoms with Gasteiger partial charge in [0.1, 0.15) is 5.75 Å². The van der Waals surface area contributed by atoms with Gasteiger partial charge in [-0.25, -0.2) is 4.98 Å². The molecule has 0 radical (unpaired) electrons. The number of hydrogen-bond acceptors (Lipinski definition) is 3. The number of carbonyl (C=O) groups excluding carboxylic acids is 1. The van der Waals surface area contributed by atoms with Crippen LogP contribution in [0.15, 0.2) is 36.3 Å². The summed E-state index contributed by atoms with van der Waals surface area (Å²) in [7, 11) is 1.63. The Balaban J connectivity index is 1.96. The molecule has 3 rings (SSSR count). The molecule has 0 atom stereocenters. The molecule has 1 aliphatic rings. The number of aromatic nitrogens is 2. The Morgan fingerprint density at radius 3 is 3.00 bits per heavy atom. The largest absolute Gasteiger partial charge is 0.497 e. The van der Waals surface area contributed by atoms with Gasteiger partial charge in [-0.15, -0.1) is 0 Å². The standard InChI is InChI=1S/C15H14N2O2/c1-19-13-4-5-14-10(7-13)2-3-11(15(14)18)6-12-8-16-9-17-12/h4-9H,2-3H2,1H3,(H,16,17). The first-order chi connectivity index (χ1) is 9.28. The van der Waals surface area contributed by atoms with Gasteiger partial charge < -0.3 is 9.72 Å². The molecule has 1 N–H and O–H groups in total. The van der Waals surface area contributed by atoms with Crippen molar-refractivity contribution in [2.45, 2.75) is 12.8 Å². The first kappa shape index (κ1) is 11.7. The second kappa shape index (κ2) is 4.72. The summed E-state index contributed by atoms with van der Waals surface area (Å²) in [5.41, 5.74) is 3.52. The maximum absolute atomic E-state index is 12.4. The van der Waals surface area contributed by atoms with Gasteiger partial charge in [0.25, 0.3) is 0 Å². The van der Waals surface area contributed by atoms with Crippen LogP contribution in [0.1, 0.15) is 28.0 Å². The molecule has 96 valence electrons. The lowest BCUT2D eigenvalue weighted by atomic mass is 9.86. The van der Waals surface area contributed by atoms with Crippen LogP contribution in [0, 0.1) is 0 Å². The van der Waals surface area contributed by atoms with Crippen molar-refractivity contribution in [3.63, 3.8) is 0 Å². The van der Waals surface area contributed by atoms with E-state index in [0.29, 0.717) is 0 Å². The van der Waals surface area contributed by atoms with Crippen molar-refractivity contribution in [3.8, 4) is 5.75 Å². The van der Waals surface area contributed by atoms with Gasteiger partial charge in [-0.05, 0) is 42.7 Å². The number of allylic oxidation sites excluding steroid dienone is 1. The Bertz CT molecular complexity index is 642. The van der Waals surface area contributed by atoms with E-state index < -0.39 is 0 Å². The third-order valence-corrected chi connectivity index (χ3v) is 3.36. The predicted octanol–water partition coefficient (Wildman–Crippen LogP) is 2.63. The molecule has 19 heavy (non-hydrogen) atoms. The molecule has 2 aromatic rings. The molecule has 1 heterocycles. The molecular formula is C15H14N2O2. The second-order valence-corrected chi connectivity index (χ2v) is 4.53. The van der Waals surface area contributed by atoms with Gasteiger partial charge in [0.05, 0.1) is 25.3 Å². The highest BCUT2D eigenvalue weighted by atomic mass is 16.5. The molecule has 4 heteroatoms. The van der Waals surface area contributed by atoms with Crippen molar-refractivity contribution in [1.29, 1.82) is 0 Å². The minimum absolute atomic E-state index is 0.0958. The zero-order valence-corrected chi connectivity index (χ0v) is 10.6. The van der Waals surface area contributed by atoms with Crippen LogP contribution in [-0.2, 0) is 6.42 Å². The number of H-pyrrole nitrogens is 1. The van der Waals surface area contributed by atoms with E-state index in [9.17, 15) is 4.79 Å². The molecule has 0 amide bonds. The summed E-state index contributed by atoms with van der Waals surface area (Å²) in [6, 6.07) is 5.62. The first-order valence-corrected chi connectivity index (χ1v) is 6.18. The van der Waals surface area contributed by atoms with E-state index in [-0.39, 0.29) is 5.78 Å². The smallest absolute Gasteiger partial charge is 0.189 e. The highest BCUT2D eigenvalue weighted by Gasteiger charge is 2.22. The third kappa shape index (κ3) is 2.17. The third-order valence-electron chi connectivity index (χ3n) is 3.36. The number of ether oxygens (including phenoxy) is 1. The van der Waals surface area contributed by atoms with Crippen molar-refractivity contribution >= 4 is 11.9 Å². The van der Waals surface area contributed by atoms with Crippen LogP contribution in [-0.4, -0.2) is 22.9 Å². The lowest BCUT2D eigenvalue weighted by Crippen LogP contribution is -2.14. The molecule has 0 bridgehead atoms. The molecule has 0 unspecified atom stereocenters. The highest BCUT2D eigenvalue weighted by Crippen LogP contribution is 2.29. The molecule has 0 spiro atoms. The van der Waals surface area contributed by atoms with E-state index in [4.69, 9.17) is 4.74 Å². The van der Waals surface area contributed by atoms with Gasteiger partial charge in [0, 0.05) is 11.1 Å². The Labute approximate surface area is 111 Å². The maximum atomic E-state index is 12.4. The number of nitrogens with one attached hydrogen (secondary N) is 1. The van der Waals surface area contributed by atoms with Crippen LogP contribution in [0.5, 0.6) is 5.75 Å². The highest BCUT2D eigenvalue weighted by molar-refractivity contribution is 6.13. The number of benzene rings is 1.